The molecule has 1 fully saturated rings. The minimum atomic E-state index is -0.178. The van der Waals surface area contributed by atoms with E-state index < -0.39 is 0 Å². The number of carbonyl (C=O) groups excluding carboxylic acids is 2. The zero-order valence-corrected chi connectivity index (χ0v) is 17.1. The largest absolute Gasteiger partial charge is 0.497 e. The summed E-state index contributed by atoms with van der Waals surface area (Å²) in [5, 5.41) is 7.51. The van der Waals surface area contributed by atoms with Gasteiger partial charge in [-0.25, -0.2) is 0 Å². The number of carbonyl (C=O) groups is 2. The third-order valence-electron chi connectivity index (χ3n) is 5.34. The number of nitrogens with zero attached hydrogens (tertiary/aromatic N) is 3. The zero-order valence-electron chi connectivity index (χ0n) is 17.1. The fourth-order valence-electron chi connectivity index (χ4n) is 3.72. The number of aromatic nitrogens is 2. The van der Waals surface area contributed by atoms with Crippen LogP contribution in [0.15, 0.2) is 24.3 Å². The van der Waals surface area contributed by atoms with E-state index in [9.17, 15) is 9.59 Å². The molecule has 1 aromatic heterocycles. The van der Waals surface area contributed by atoms with Crippen molar-refractivity contribution in [3.8, 4) is 5.75 Å². The Morgan fingerprint density at radius 2 is 2.03 bits per heavy atom. The maximum atomic E-state index is 13.0. The second-order valence-electron chi connectivity index (χ2n) is 7.19. The molecule has 0 saturated carbocycles. The Labute approximate surface area is 174 Å². The molecule has 30 heavy (non-hydrogen) atoms. The van der Waals surface area contributed by atoms with Crippen LogP contribution in [0.2, 0.25) is 0 Å². The maximum Gasteiger partial charge on any atom is 0.274 e. The highest BCUT2D eigenvalue weighted by molar-refractivity contribution is 5.95. The van der Waals surface area contributed by atoms with Crippen LogP contribution in [0, 0.1) is 0 Å². The molecule has 2 amide bonds. The van der Waals surface area contributed by atoms with E-state index in [1.165, 1.54) is 0 Å². The van der Waals surface area contributed by atoms with Crippen molar-refractivity contribution in [3.05, 3.63) is 46.8 Å². The van der Waals surface area contributed by atoms with E-state index in [2.05, 4.69) is 10.4 Å². The fraction of sp³-hybridized carbons (Fsp3) is 0.476. The number of methoxy groups -OCH3 is 1. The number of amides is 2. The van der Waals surface area contributed by atoms with Gasteiger partial charge in [0.25, 0.3) is 11.8 Å². The molecule has 2 aromatic rings. The van der Waals surface area contributed by atoms with Gasteiger partial charge in [0, 0.05) is 42.9 Å². The van der Waals surface area contributed by atoms with Gasteiger partial charge in [-0.1, -0.05) is 6.07 Å². The summed E-state index contributed by atoms with van der Waals surface area (Å²) in [7, 11) is 1.57. The van der Waals surface area contributed by atoms with Crippen LogP contribution in [0.1, 0.15) is 32.1 Å². The molecule has 3 heterocycles. The molecule has 2 aliphatic heterocycles. The van der Waals surface area contributed by atoms with Crippen molar-refractivity contribution in [1.82, 2.24) is 20.0 Å². The van der Waals surface area contributed by atoms with Crippen molar-refractivity contribution in [2.45, 2.75) is 19.6 Å². The van der Waals surface area contributed by atoms with Crippen molar-refractivity contribution in [3.63, 3.8) is 0 Å². The van der Waals surface area contributed by atoms with Crippen LogP contribution in [0.5, 0.6) is 5.75 Å². The third-order valence-corrected chi connectivity index (χ3v) is 5.34. The lowest BCUT2D eigenvalue weighted by atomic mass is 10.1. The van der Waals surface area contributed by atoms with E-state index in [4.69, 9.17) is 14.2 Å². The lowest BCUT2D eigenvalue weighted by Gasteiger charge is -2.26. The SMILES string of the molecule is COc1cccc(C(=O)NCCn2nc(C(=O)N3CCOCC3)c3c2CCOC3)c1. The van der Waals surface area contributed by atoms with E-state index in [0.717, 1.165) is 11.3 Å². The standard InChI is InChI=1S/C21H26N4O5/c1-28-16-4-2-3-15(13-16)20(26)22-6-7-25-18-5-10-30-14-17(18)19(23-25)21(27)24-8-11-29-12-9-24/h2-4,13H,5-12,14H2,1H3,(H,22,26). The average molecular weight is 414 g/mol. The normalized spacial score (nSPS) is 16.1. The molecule has 4 rings (SSSR count). The number of hydrogen-bond acceptors (Lipinski definition) is 6. The summed E-state index contributed by atoms with van der Waals surface area (Å²) in [6.45, 7) is 4.08. The monoisotopic (exact) mass is 414 g/mol. The number of morpholine rings is 1. The predicted molar refractivity (Wildman–Crippen MR) is 108 cm³/mol. The number of rotatable bonds is 6. The molecule has 0 atom stereocenters. The van der Waals surface area contributed by atoms with E-state index in [1.807, 2.05) is 4.68 Å². The first kappa shape index (κ1) is 20.4. The molecule has 1 saturated heterocycles. The Kier molecular flexibility index (Phi) is 6.29. The maximum absolute atomic E-state index is 13.0. The lowest BCUT2D eigenvalue weighted by Crippen LogP contribution is -2.41. The molecule has 9 nitrogen and oxygen atoms in total. The van der Waals surface area contributed by atoms with Gasteiger partial charge in [0.1, 0.15) is 5.75 Å². The Morgan fingerprint density at radius 1 is 1.20 bits per heavy atom. The highest BCUT2D eigenvalue weighted by Crippen LogP contribution is 2.22. The number of hydrogen-bond donors (Lipinski definition) is 1. The molecule has 1 N–H and O–H groups in total. The summed E-state index contributed by atoms with van der Waals surface area (Å²) in [6, 6.07) is 7.01. The fourth-order valence-corrected chi connectivity index (χ4v) is 3.72. The van der Waals surface area contributed by atoms with Gasteiger partial charge in [0.15, 0.2) is 5.69 Å². The molecular weight excluding hydrogens is 388 g/mol. The van der Waals surface area contributed by atoms with Crippen LogP contribution in [0.25, 0.3) is 0 Å². The summed E-state index contributed by atoms with van der Waals surface area (Å²) in [5.74, 6) is 0.372. The first-order chi connectivity index (χ1) is 14.7. The van der Waals surface area contributed by atoms with Crippen LogP contribution >= 0.6 is 0 Å². The molecule has 0 radical (unpaired) electrons. The summed E-state index contributed by atoms with van der Waals surface area (Å²) < 4.78 is 17.9. The topological polar surface area (TPSA) is 94.9 Å². The van der Waals surface area contributed by atoms with Crippen LogP contribution in [-0.2, 0) is 29.0 Å². The van der Waals surface area contributed by atoms with E-state index in [-0.39, 0.29) is 11.8 Å². The van der Waals surface area contributed by atoms with Crippen molar-refractivity contribution >= 4 is 11.8 Å². The van der Waals surface area contributed by atoms with Gasteiger partial charge in [-0.15, -0.1) is 0 Å². The summed E-state index contributed by atoms with van der Waals surface area (Å²) in [4.78, 5) is 27.2. The summed E-state index contributed by atoms with van der Waals surface area (Å²) >= 11 is 0. The van der Waals surface area contributed by atoms with Crippen molar-refractivity contribution in [1.29, 1.82) is 0 Å². The van der Waals surface area contributed by atoms with Gasteiger partial charge in [-0.2, -0.15) is 5.10 Å². The third kappa shape index (κ3) is 4.31. The number of ether oxygens (including phenoxy) is 3. The lowest BCUT2D eigenvalue weighted by molar-refractivity contribution is 0.0294. The van der Waals surface area contributed by atoms with Crippen LogP contribution in [0.4, 0.5) is 0 Å². The van der Waals surface area contributed by atoms with Crippen molar-refractivity contribution < 1.29 is 23.8 Å². The number of nitrogens with one attached hydrogen (secondary N) is 1. The molecule has 1 aromatic carbocycles. The smallest absolute Gasteiger partial charge is 0.274 e. The Bertz CT molecular complexity index is 920. The van der Waals surface area contributed by atoms with Crippen LogP contribution < -0.4 is 10.1 Å². The van der Waals surface area contributed by atoms with Gasteiger partial charge in [0.2, 0.25) is 0 Å². The van der Waals surface area contributed by atoms with Gasteiger partial charge in [-0.3, -0.25) is 14.3 Å². The van der Waals surface area contributed by atoms with Crippen LogP contribution in [0.3, 0.4) is 0 Å². The first-order valence-corrected chi connectivity index (χ1v) is 10.1. The highest BCUT2D eigenvalue weighted by atomic mass is 16.5. The molecule has 0 aliphatic carbocycles. The van der Waals surface area contributed by atoms with Gasteiger partial charge >= 0.3 is 0 Å². The molecule has 160 valence electrons. The Morgan fingerprint density at radius 3 is 2.83 bits per heavy atom. The first-order valence-electron chi connectivity index (χ1n) is 10.1. The molecule has 0 spiro atoms. The molecular formula is C21H26N4O5. The molecule has 0 bridgehead atoms. The Balaban J connectivity index is 1.44. The van der Waals surface area contributed by atoms with Gasteiger partial charge in [-0.05, 0) is 18.2 Å². The quantitative estimate of drug-likeness (QED) is 0.754. The second kappa shape index (κ2) is 9.27. The average Bonchev–Trinajstić information content (AvgIpc) is 3.18. The Hall–Kier alpha value is -2.91. The molecule has 9 heteroatoms. The summed E-state index contributed by atoms with van der Waals surface area (Å²) in [6.07, 6.45) is 0.697. The van der Waals surface area contributed by atoms with Gasteiger partial charge < -0.3 is 24.4 Å². The minimum absolute atomic E-state index is 0.0841. The van der Waals surface area contributed by atoms with Crippen molar-refractivity contribution in [2.75, 3.05) is 46.6 Å². The minimum Gasteiger partial charge on any atom is -0.497 e. The van der Waals surface area contributed by atoms with Crippen LogP contribution in [-0.4, -0.2) is 73.1 Å². The zero-order chi connectivity index (χ0) is 20.9. The number of benzene rings is 1. The summed E-state index contributed by atoms with van der Waals surface area (Å²) in [5.41, 5.74) is 2.85. The second-order valence-corrected chi connectivity index (χ2v) is 7.19. The predicted octanol–water partition coefficient (Wildman–Crippen LogP) is 0.867. The molecule has 2 aliphatic rings. The molecule has 0 unspecified atom stereocenters. The highest BCUT2D eigenvalue weighted by Gasteiger charge is 2.29. The van der Waals surface area contributed by atoms with E-state index >= 15 is 0 Å². The van der Waals surface area contributed by atoms with E-state index in [1.54, 1.807) is 36.3 Å². The van der Waals surface area contributed by atoms with Gasteiger partial charge in [0.05, 0.1) is 40.1 Å². The van der Waals surface area contributed by atoms with E-state index in [0.29, 0.717) is 76.0 Å². The number of fused-ring (bicyclic) bond motifs is 1. The van der Waals surface area contributed by atoms with Crippen molar-refractivity contribution in [2.24, 2.45) is 0 Å².